The molecule has 23 heavy (non-hydrogen) atoms. The first-order valence-electron chi connectivity index (χ1n) is 7.49. The summed E-state index contributed by atoms with van der Waals surface area (Å²) in [5, 5.41) is 3.63. The summed E-state index contributed by atoms with van der Waals surface area (Å²) in [4.78, 5) is 16.8. The summed E-state index contributed by atoms with van der Waals surface area (Å²) in [6.07, 6.45) is 2.26. The van der Waals surface area contributed by atoms with E-state index in [0.29, 0.717) is 18.0 Å². The first-order chi connectivity index (χ1) is 11.0. The second kappa shape index (κ2) is 6.42. The minimum atomic E-state index is -0.0219. The number of nitrogens with zero attached hydrogens (tertiary/aromatic N) is 2. The number of aryl methyl sites for hydroxylation is 2. The predicted octanol–water partition coefficient (Wildman–Crippen LogP) is 3.46. The van der Waals surface area contributed by atoms with Crippen molar-refractivity contribution in [2.24, 2.45) is 0 Å². The molecule has 3 rings (SSSR count). The van der Waals surface area contributed by atoms with Crippen LogP contribution in [-0.2, 0) is 17.8 Å². The summed E-state index contributed by atoms with van der Waals surface area (Å²) in [5.41, 5.74) is 4.85. The number of rotatable bonds is 4. The number of pyridine rings is 1. The van der Waals surface area contributed by atoms with Crippen LogP contribution in [0.25, 0.3) is 5.65 Å². The average Bonchev–Trinajstić information content (AvgIpc) is 2.85. The number of hydrogen-bond acceptors (Lipinski definition) is 2. The highest BCUT2D eigenvalue weighted by atomic mass is 35.5. The van der Waals surface area contributed by atoms with Crippen molar-refractivity contribution in [3.05, 3.63) is 70.1 Å². The van der Waals surface area contributed by atoms with E-state index >= 15 is 0 Å². The summed E-state index contributed by atoms with van der Waals surface area (Å²) in [6, 6.07) is 11.4. The van der Waals surface area contributed by atoms with Gasteiger partial charge in [-0.15, -0.1) is 0 Å². The SMILES string of the molecule is Cc1nc2c(C)cccn2c1CC(=O)NCc1ccc(Cl)cc1. The minimum Gasteiger partial charge on any atom is -0.352 e. The van der Waals surface area contributed by atoms with Gasteiger partial charge in [-0.05, 0) is 43.2 Å². The van der Waals surface area contributed by atoms with E-state index in [2.05, 4.69) is 10.3 Å². The number of benzene rings is 1. The van der Waals surface area contributed by atoms with Gasteiger partial charge in [0.1, 0.15) is 5.65 Å². The van der Waals surface area contributed by atoms with Gasteiger partial charge >= 0.3 is 0 Å². The van der Waals surface area contributed by atoms with E-state index in [1.54, 1.807) is 0 Å². The Morgan fingerprint density at radius 3 is 2.70 bits per heavy atom. The highest BCUT2D eigenvalue weighted by Crippen LogP contribution is 2.16. The second-order valence-corrected chi connectivity index (χ2v) is 6.05. The average molecular weight is 328 g/mol. The van der Waals surface area contributed by atoms with Crippen LogP contribution in [-0.4, -0.2) is 15.3 Å². The zero-order valence-corrected chi connectivity index (χ0v) is 13.9. The van der Waals surface area contributed by atoms with Gasteiger partial charge in [-0.1, -0.05) is 29.8 Å². The van der Waals surface area contributed by atoms with Crippen molar-refractivity contribution in [3.63, 3.8) is 0 Å². The van der Waals surface area contributed by atoms with E-state index in [1.165, 1.54) is 0 Å². The molecule has 0 aliphatic heterocycles. The maximum absolute atomic E-state index is 12.3. The number of carbonyl (C=O) groups is 1. The molecule has 118 valence electrons. The third-order valence-corrected chi connectivity index (χ3v) is 4.13. The molecule has 4 nitrogen and oxygen atoms in total. The molecule has 0 spiro atoms. The van der Waals surface area contributed by atoms with Gasteiger partial charge < -0.3 is 9.72 Å². The number of imidazole rings is 1. The monoisotopic (exact) mass is 327 g/mol. The van der Waals surface area contributed by atoms with Crippen LogP contribution >= 0.6 is 11.6 Å². The van der Waals surface area contributed by atoms with Gasteiger partial charge in [0.25, 0.3) is 0 Å². The lowest BCUT2D eigenvalue weighted by molar-refractivity contribution is -0.120. The van der Waals surface area contributed by atoms with Crippen molar-refractivity contribution in [2.45, 2.75) is 26.8 Å². The third kappa shape index (κ3) is 3.37. The van der Waals surface area contributed by atoms with Gasteiger partial charge in [-0.2, -0.15) is 0 Å². The predicted molar refractivity (Wildman–Crippen MR) is 91.7 cm³/mol. The first kappa shape index (κ1) is 15.6. The largest absolute Gasteiger partial charge is 0.352 e. The van der Waals surface area contributed by atoms with E-state index in [4.69, 9.17) is 11.6 Å². The Labute approximate surface area is 140 Å². The van der Waals surface area contributed by atoms with E-state index < -0.39 is 0 Å². The molecule has 0 saturated heterocycles. The molecule has 0 saturated carbocycles. The smallest absolute Gasteiger partial charge is 0.226 e. The molecule has 0 aliphatic rings. The summed E-state index contributed by atoms with van der Waals surface area (Å²) >= 11 is 5.86. The van der Waals surface area contributed by atoms with Crippen LogP contribution in [0.1, 0.15) is 22.5 Å². The molecule has 0 radical (unpaired) electrons. The maximum Gasteiger partial charge on any atom is 0.226 e. The van der Waals surface area contributed by atoms with E-state index in [-0.39, 0.29) is 5.91 Å². The van der Waals surface area contributed by atoms with Crippen molar-refractivity contribution in [1.82, 2.24) is 14.7 Å². The lowest BCUT2D eigenvalue weighted by Crippen LogP contribution is -2.25. The lowest BCUT2D eigenvalue weighted by Gasteiger charge is -2.07. The zero-order chi connectivity index (χ0) is 16.4. The molecule has 0 atom stereocenters. The maximum atomic E-state index is 12.3. The normalized spacial score (nSPS) is 10.9. The third-order valence-electron chi connectivity index (χ3n) is 3.88. The molecule has 2 aromatic heterocycles. The topological polar surface area (TPSA) is 46.4 Å². The Morgan fingerprint density at radius 1 is 1.22 bits per heavy atom. The summed E-state index contributed by atoms with van der Waals surface area (Å²) < 4.78 is 1.99. The van der Waals surface area contributed by atoms with Crippen molar-refractivity contribution in [1.29, 1.82) is 0 Å². The molecule has 5 heteroatoms. The van der Waals surface area contributed by atoms with Gasteiger partial charge in [0.15, 0.2) is 0 Å². The van der Waals surface area contributed by atoms with Gasteiger partial charge in [-0.3, -0.25) is 4.79 Å². The Bertz CT molecular complexity index is 853. The highest BCUT2D eigenvalue weighted by Gasteiger charge is 2.13. The van der Waals surface area contributed by atoms with Gasteiger partial charge in [0, 0.05) is 17.8 Å². The van der Waals surface area contributed by atoms with Crippen LogP contribution < -0.4 is 5.32 Å². The number of halogens is 1. The molecule has 0 aliphatic carbocycles. The molecule has 1 N–H and O–H groups in total. The Balaban J connectivity index is 1.72. The lowest BCUT2D eigenvalue weighted by atomic mass is 10.2. The van der Waals surface area contributed by atoms with Crippen LogP contribution in [0.4, 0.5) is 0 Å². The summed E-state index contributed by atoms with van der Waals surface area (Å²) in [5.74, 6) is -0.0219. The van der Waals surface area contributed by atoms with Crippen LogP contribution in [0.5, 0.6) is 0 Å². The molecular weight excluding hydrogens is 310 g/mol. The van der Waals surface area contributed by atoms with Crippen LogP contribution in [0.3, 0.4) is 0 Å². The second-order valence-electron chi connectivity index (χ2n) is 5.61. The fourth-order valence-corrected chi connectivity index (χ4v) is 2.72. The molecular formula is C18H18ClN3O. The Morgan fingerprint density at radius 2 is 1.96 bits per heavy atom. The summed E-state index contributed by atoms with van der Waals surface area (Å²) in [6.45, 7) is 4.45. The van der Waals surface area contributed by atoms with Crippen LogP contribution in [0.15, 0.2) is 42.6 Å². The quantitative estimate of drug-likeness (QED) is 0.797. The molecule has 3 aromatic rings. The van der Waals surface area contributed by atoms with Crippen molar-refractivity contribution >= 4 is 23.2 Å². The summed E-state index contributed by atoms with van der Waals surface area (Å²) in [7, 11) is 0. The number of fused-ring (bicyclic) bond motifs is 1. The van der Waals surface area contributed by atoms with E-state index in [0.717, 1.165) is 28.2 Å². The Hall–Kier alpha value is -2.33. The fourth-order valence-electron chi connectivity index (χ4n) is 2.60. The Kier molecular flexibility index (Phi) is 4.35. The number of aromatic nitrogens is 2. The molecule has 1 amide bonds. The fraction of sp³-hybridized carbons (Fsp3) is 0.222. The van der Waals surface area contributed by atoms with E-state index in [9.17, 15) is 4.79 Å². The van der Waals surface area contributed by atoms with Gasteiger partial charge in [0.2, 0.25) is 5.91 Å². The number of nitrogens with one attached hydrogen (secondary N) is 1. The molecule has 0 fully saturated rings. The number of amides is 1. The molecule has 2 heterocycles. The molecule has 1 aromatic carbocycles. The molecule has 0 unspecified atom stereocenters. The van der Waals surface area contributed by atoms with Crippen molar-refractivity contribution < 1.29 is 4.79 Å². The van der Waals surface area contributed by atoms with Gasteiger partial charge in [0.05, 0.1) is 17.8 Å². The minimum absolute atomic E-state index is 0.0219. The van der Waals surface area contributed by atoms with Gasteiger partial charge in [-0.25, -0.2) is 4.98 Å². The van der Waals surface area contributed by atoms with Crippen LogP contribution in [0.2, 0.25) is 5.02 Å². The zero-order valence-electron chi connectivity index (χ0n) is 13.1. The van der Waals surface area contributed by atoms with E-state index in [1.807, 2.05) is 60.8 Å². The first-order valence-corrected chi connectivity index (χ1v) is 7.86. The van der Waals surface area contributed by atoms with Crippen LogP contribution in [0, 0.1) is 13.8 Å². The standard InChI is InChI=1S/C18H18ClN3O/c1-12-4-3-9-22-16(13(2)21-18(12)22)10-17(23)20-11-14-5-7-15(19)8-6-14/h3-9H,10-11H2,1-2H3,(H,20,23). The highest BCUT2D eigenvalue weighted by molar-refractivity contribution is 6.30. The van der Waals surface area contributed by atoms with Crippen molar-refractivity contribution in [2.75, 3.05) is 0 Å². The number of carbonyl (C=O) groups excluding carboxylic acids is 1. The van der Waals surface area contributed by atoms with Crippen molar-refractivity contribution in [3.8, 4) is 0 Å². The molecule has 0 bridgehead atoms. The number of hydrogen-bond donors (Lipinski definition) is 1.